The summed E-state index contributed by atoms with van der Waals surface area (Å²) in [6, 6.07) is 7.66. The van der Waals surface area contributed by atoms with Crippen molar-refractivity contribution >= 4 is 23.2 Å². The summed E-state index contributed by atoms with van der Waals surface area (Å²) in [5, 5.41) is 11.1. The summed E-state index contributed by atoms with van der Waals surface area (Å²) in [6.07, 6.45) is 0. The third-order valence-electron chi connectivity index (χ3n) is 3.71. The molecule has 0 radical (unpaired) electrons. The van der Waals surface area contributed by atoms with E-state index in [-0.39, 0.29) is 18.5 Å². The van der Waals surface area contributed by atoms with Gasteiger partial charge in [-0.25, -0.2) is 0 Å². The van der Waals surface area contributed by atoms with E-state index in [2.05, 4.69) is 15.7 Å². The maximum absolute atomic E-state index is 12.1. The molecule has 118 valence electrons. The third-order valence-corrected chi connectivity index (χ3v) is 3.96. The van der Waals surface area contributed by atoms with Crippen LogP contribution in [0.15, 0.2) is 24.3 Å². The summed E-state index contributed by atoms with van der Waals surface area (Å²) >= 11 is 5.87. The number of amides is 1. The molecular weight excluding hydrogens is 300 g/mol. The van der Waals surface area contributed by atoms with Crippen molar-refractivity contribution in [1.82, 2.24) is 15.1 Å². The number of nitrogens with one attached hydrogen (secondary N) is 2. The summed E-state index contributed by atoms with van der Waals surface area (Å²) in [5.74, 6) is -0.0833. The molecule has 22 heavy (non-hydrogen) atoms. The van der Waals surface area contributed by atoms with E-state index < -0.39 is 0 Å². The highest BCUT2D eigenvalue weighted by atomic mass is 35.5. The van der Waals surface area contributed by atoms with Gasteiger partial charge in [-0.3, -0.25) is 9.48 Å². The van der Waals surface area contributed by atoms with E-state index in [1.165, 1.54) is 0 Å². The Hall–Kier alpha value is -1.85. The minimum absolute atomic E-state index is 0.0686. The zero-order valence-electron chi connectivity index (χ0n) is 13.3. The van der Waals surface area contributed by atoms with Crippen molar-refractivity contribution in [1.29, 1.82) is 0 Å². The summed E-state index contributed by atoms with van der Waals surface area (Å²) in [4.78, 5) is 12.1. The van der Waals surface area contributed by atoms with Crippen LogP contribution in [0, 0.1) is 13.8 Å². The van der Waals surface area contributed by atoms with Crippen LogP contribution in [0.4, 0.5) is 5.69 Å². The second-order valence-corrected chi connectivity index (χ2v) is 5.81. The molecule has 0 fully saturated rings. The van der Waals surface area contributed by atoms with Crippen LogP contribution >= 0.6 is 11.6 Å². The lowest BCUT2D eigenvalue weighted by atomic mass is 10.1. The van der Waals surface area contributed by atoms with Crippen molar-refractivity contribution in [3.63, 3.8) is 0 Å². The molecule has 2 aromatic rings. The molecule has 1 aromatic heterocycles. The monoisotopic (exact) mass is 320 g/mol. The Morgan fingerprint density at radius 1 is 1.32 bits per heavy atom. The zero-order chi connectivity index (χ0) is 16.3. The molecule has 2 rings (SSSR count). The Balaban J connectivity index is 1.91. The maximum Gasteiger partial charge on any atom is 0.238 e. The average Bonchev–Trinajstić information content (AvgIpc) is 2.72. The molecule has 0 saturated heterocycles. The first-order chi connectivity index (χ1) is 10.4. The Labute approximate surface area is 135 Å². The number of carbonyl (C=O) groups is 1. The molecule has 1 amide bonds. The highest BCUT2D eigenvalue weighted by Crippen LogP contribution is 2.18. The number of aromatic nitrogens is 2. The molecule has 1 atom stereocenters. The summed E-state index contributed by atoms with van der Waals surface area (Å²) in [7, 11) is 1.86. The number of hydrogen-bond acceptors (Lipinski definition) is 3. The van der Waals surface area contributed by atoms with Crippen LogP contribution in [-0.2, 0) is 11.8 Å². The molecule has 0 aliphatic carbocycles. The number of halogens is 1. The van der Waals surface area contributed by atoms with Gasteiger partial charge in [0, 0.05) is 18.1 Å². The van der Waals surface area contributed by atoms with Crippen molar-refractivity contribution in [2.45, 2.75) is 26.8 Å². The lowest BCUT2D eigenvalue weighted by Gasteiger charge is -2.14. The van der Waals surface area contributed by atoms with Crippen LogP contribution in [0.1, 0.15) is 29.9 Å². The molecule has 6 heteroatoms. The third kappa shape index (κ3) is 3.87. The van der Waals surface area contributed by atoms with Crippen LogP contribution in [0.5, 0.6) is 0 Å². The predicted molar refractivity (Wildman–Crippen MR) is 89.2 cm³/mol. The fourth-order valence-corrected chi connectivity index (χ4v) is 2.38. The number of anilines is 1. The van der Waals surface area contributed by atoms with E-state index >= 15 is 0 Å². The van der Waals surface area contributed by atoms with Gasteiger partial charge < -0.3 is 10.6 Å². The Morgan fingerprint density at radius 3 is 2.50 bits per heavy atom. The summed E-state index contributed by atoms with van der Waals surface area (Å²) in [5.41, 5.74) is 3.63. The van der Waals surface area contributed by atoms with Crippen LogP contribution < -0.4 is 10.6 Å². The maximum atomic E-state index is 12.1. The number of rotatable bonds is 5. The molecular formula is C16H21ClN4O. The van der Waals surface area contributed by atoms with Crippen molar-refractivity contribution < 1.29 is 4.79 Å². The van der Waals surface area contributed by atoms with Gasteiger partial charge in [-0.2, -0.15) is 5.10 Å². The number of nitrogens with zero attached hydrogens (tertiary/aromatic N) is 2. The van der Waals surface area contributed by atoms with Crippen molar-refractivity contribution in [3.05, 3.63) is 46.2 Å². The van der Waals surface area contributed by atoms with Gasteiger partial charge in [-0.05, 0) is 38.5 Å². The summed E-state index contributed by atoms with van der Waals surface area (Å²) < 4.78 is 1.76. The SMILES string of the molecule is Cc1nn(C)c(C)c1NC(=O)CN[C@H](C)c1ccc(Cl)cc1. The molecule has 0 saturated carbocycles. The second kappa shape index (κ2) is 6.94. The topological polar surface area (TPSA) is 59.0 Å². The smallest absolute Gasteiger partial charge is 0.238 e. The van der Waals surface area contributed by atoms with E-state index in [1.807, 2.05) is 52.1 Å². The lowest BCUT2D eigenvalue weighted by molar-refractivity contribution is -0.115. The standard InChI is InChI=1S/C16H21ClN4O/c1-10(13-5-7-14(17)8-6-13)18-9-15(22)19-16-11(2)20-21(4)12(16)3/h5-8,10,18H,9H2,1-4H3,(H,19,22)/t10-/m1/s1. The molecule has 0 unspecified atom stereocenters. The number of carbonyl (C=O) groups excluding carboxylic acids is 1. The predicted octanol–water partition coefficient (Wildman–Crippen LogP) is 2.98. The van der Waals surface area contributed by atoms with Crippen LogP contribution in [-0.4, -0.2) is 22.2 Å². The minimum Gasteiger partial charge on any atom is -0.322 e. The fraction of sp³-hybridized carbons (Fsp3) is 0.375. The Morgan fingerprint density at radius 2 is 1.95 bits per heavy atom. The van der Waals surface area contributed by atoms with Crippen LogP contribution in [0.3, 0.4) is 0 Å². The largest absolute Gasteiger partial charge is 0.322 e. The number of aryl methyl sites for hydroxylation is 2. The van der Waals surface area contributed by atoms with Gasteiger partial charge >= 0.3 is 0 Å². The number of hydrogen-bond donors (Lipinski definition) is 2. The van der Waals surface area contributed by atoms with Crippen LogP contribution in [0.2, 0.25) is 5.02 Å². The van der Waals surface area contributed by atoms with Gasteiger partial charge in [0.05, 0.1) is 23.6 Å². The lowest BCUT2D eigenvalue weighted by Crippen LogP contribution is -2.30. The molecule has 0 bridgehead atoms. The zero-order valence-corrected chi connectivity index (χ0v) is 14.0. The van der Waals surface area contributed by atoms with Crippen molar-refractivity contribution in [3.8, 4) is 0 Å². The van der Waals surface area contributed by atoms with Gasteiger partial charge in [0.25, 0.3) is 0 Å². The van der Waals surface area contributed by atoms with Gasteiger partial charge in [-0.15, -0.1) is 0 Å². The molecule has 0 aliphatic heterocycles. The normalized spacial score (nSPS) is 12.2. The van der Waals surface area contributed by atoms with Gasteiger partial charge in [-0.1, -0.05) is 23.7 Å². The number of benzene rings is 1. The first-order valence-corrected chi connectivity index (χ1v) is 7.55. The quantitative estimate of drug-likeness (QED) is 0.890. The molecule has 1 aromatic carbocycles. The van der Waals surface area contributed by atoms with E-state index in [9.17, 15) is 4.79 Å². The van der Waals surface area contributed by atoms with E-state index in [1.54, 1.807) is 4.68 Å². The summed E-state index contributed by atoms with van der Waals surface area (Å²) in [6.45, 7) is 6.06. The molecule has 0 aliphatic rings. The first-order valence-electron chi connectivity index (χ1n) is 7.17. The van der Waals surface area contributed by atoms with Gasteiger partial charge in [0.15, 0.2) is 0 Å². The van der Waals surface area contributed by atoms with Crippen molar-refractivity contribution in [2.75, 3.05) is 11.9 Å². The Kier molecular flexibility index (Phi) is 5.21. The average molecular weight is 321 g/mol. The van der Waals surface area contributed by atoms with Crippen LogP contribution in [0.25, 0.3) is 0 Å². The first kappa shape index (κ1) is 16.5. The highest BCUT2D eigenvalue weighted by Gasteiger charge is 2.13. The van der Waals surface area contributed by atoms with E-state index in [0.717, 1.165) is 22.6 Å². The highest BCUT2D eigenvalue weighted by molar-refractivity contribution is 6.30. The molecule has 2 N–H and O–H groups in total. The van der Waals surface area contributed by atoms with Crippen molar-refractivity contribution in [2.24, 2.45) is 7.05 Å². The van der Waals surface area contributed by atoms with Gasteiger partial charge in [0.1, 0.15) is 0 Å². The Bertz CT molecular complexity index is 664. The minimum atomic E-state index is -0.0833. The fourth-order valence-electron chi connectivity index (χ4n) is 2.25. The second-order valence-electron chi connectivity index (χ2n) is 5.37. The molecule has 0 spiro atoms. The molecule has 5 nitrogen and oxygen atoms in total. The van der Waals surface area contributed by atoms with E-state index in [0.29, 0.717) is 5.02 Å². The van der Waals surface area contributed by atoms with E-state index in [4.69, 9.17) is 11.6 Å². The van der Waals surface area contributed by atoms with Gasteiger partial charge in [0.2, 0.25) is 5.91 Å². The molecule has 1 heterocycles.